The predicted molar refractivity (Wildman–Crippen MR) is 70.9 cm³/mol. The van der Waals surface area contributed by atoms with Gasteiger partial charge in [0.05, 0.1) is 7.11 Å². The Morgan fingerprint density at radius 1 is 1.33 bits per heavy atom. The topological polar surface area (TPSA) is 55.3 Å². The number of hydrogen-bond donors (Lipinski definition) is 0. The van der Waals surface area contributed by atoms with Crippen molar-refractivity contribution in [3.05, 3.63) is 17.6 Å². The second-order valence-corrected chi connectivity index (χ2v) is 4.42. The number of halogens is 3. The Hall–Kier alpha value is -1.86. The van der Waals surface area contributed by atoms with Crippen LogP contribution in [0.1, 0.15) is 31.3 Å². The standard InChI is InChI=1S/C11H14F3N3.C2H4O2/c1-2-8-7-9(17-5-3-4-6-17)16-10(15-8)11(12,13)14;1-4-2-3/h7H,2-6H2,1H3;2H,1H3. The van der Waals surface area contributed by atoms with Crippen LogP contribution in [0.3, 0.4) is 0 Å². The predicted octanol–water partition coefficient (Wildman–Crippen LogP) is 2.45. The minimum absolute atomic E-state index is 0.375. The maximum atomic E-state index is 12.6. The zero-order valence-corrected chi connectivity index (χ0v) is 12.0. The lowest BCUT2D eigenvalue weighted by molar-refractivity contribution is -0.145. The lowest BCUT2D eigenvalue weighted by atomic mass is 10.3. The van der Waals surface area contributed by atoms with Gasteiger partial charge in [0.2, 0.25) is 5.82 Å². The van der Waals surface area contributed by atoms with E-state index in [1.165, 1.54) is 7.11 Å². The summed E-state index contributed by atoms with van der Waals surface area (Å²) in [7, 11) is 1.31. The van der Waals surface area contributed by atoms with Crippen LogP contribution < -0.4 is 4.90 Å². The van der Waals surface area contributed by atoms with Crippen molar-refractivity contribution in [2.45, 2.75) is 32.4 Å². The molecule has 2 rings (SSSR count). The highest BCUT2D eigenvalue weighted by molar-refractivity contribution is 5.41. The van der Waals surface area contributed by atoms with Crippen LogP contribution in [0, 0.1) is 0 Å². The maximum absolute atomic E-state index is 12.6. The Morgan fingerprint density at radius 2 is 1.90 bits per heavy atom. The van der Waals surface area contributed by atoms with Gasteiger partial charge in [0.1, 0.15) is 5.82 Å². The molecule has 0 N–H and O–H groups in total. The van der Waals surface area contributed by atoms with Gasteiger partial charge in [-0.3, -0.25) is 4.79 Å². The summed E-state index contributed by atoms with van der Waals surface area (Å²) in [5.41, 5.74) is 0.439. The molecule has 0 radical (unpaired) electrons. The number of aryl methyl sites for hydroxylation is 1. The van der Waals surface area contributed by atoms with Gasteiger partial charge in [-0.05, 0) is 19.3 Å². The molecule has 1 aromatic heterocycles. The van der Waals surface area contributed by atoms with Crippen LogP contribution in [-0.4, -0.2) is 36.6 Å². The molecule has 1 fully saturated rings. The van der Waals surface area contributed by atoms with E-state index in [1.807, 2.05) is 4.90 Å². The molecular formula is C13H18F3N3O2. The van der Waals surface area contributed by atoms with E-state index in [1.54, 1.807) is 13.0 Å². The summed E-state index contributed by atoms with van der Waals surface area (Å²) >= 11 is 0. The molecule has 0 atom stereocenters. The number of alkyl halides is 3. The Balaban J connectivity index is 0.000000491. The fraction of sp³-hybridized carbons (Fsp3) is 0.615. The molecule has 0 aromatic carbocycles. The van der Waals surface area contributed by atoms with Crippen molar-refractivity contribution in [1.29, 1.82) is 0 Å². The Bertz CT molecular complexity index is 460. The maximum Gasteiger partial charge on any atom is 0.451 e. The van der Waals surface area contributed by atoms with Crippen molar-refractivity contribution < 1.29 is 22.7 Å². The second-order valence-electron chi connectivity index (χ2n) is 4.42. The van der Waals surface area contributed by atoms with Gasteiger partial charge < -0.3 is 9.64 Å². The van der Waals surface area contributed by atoms with Crippen molar-refractivity contribution in [3.63, 3.8) is 0 Å². The molecule has 118 valence electrons. The molecule has 0 bridgehead atoms. The molecule has 21 heavy (non-hydrogen) atoms. The third-order valence-electron chi connectivity index (χ3n) is 2.91. The molecular weight excluding hydrogens is 287 g/mol. The molecule has 1 aliphatic heterocycles. The number of rotatable bonds is 3. The Kier molecular flexibility index (Phi) is 6.39. The first-order chi connectivity index (χ1) is 9.92. The van der Waals surface area contributed by atoms with Crippen LogP contribution in [0.25, 0.3) is 0 Å². The van der Waals surface area contributed by atoms with Crippen molar-refractivity contribution >= 4 is 12.3 Å². The van der Waals surface area contributed by atoms with Crippen LogP contribution >= 0.6 is 0 Å². The molecule has 0 amide bonds. The van der Waals surface area contributed by atoms with E-state index in [2.05, 4.69) is 14.7 Å². The quantitative estimate of drug-likeness (QED) is 0.803. The number of nitrogens with zero attached hydrogens (tertiary/aromatic N) is 3. The molecule has 0 aliphatic carbocycles. The van der Waals surface area contributed by atoms with Crippen LogP contribution in [0.5, 0.6) is 0 Å². The van der Waals surface area contributed by atoms with Crippen LogP contribution in [0.4, 0.5) is 19.0 Å². The number of carbonyl (C=O) groups is 1. The molecule has 0 unspecified atom stereocenters. The lowest BCUT2D eigenvalue weighted by Crippen LogP contribution is -2.22. The molecule has 8 heteroatoms. The largest absolute Gasteiger partial charge is 0.471 e. The zero-order chi connectivity index (χ0) is 15.9. The van der Waals surface area contributed by atoms with E-state index < -0.39 is 12.0 Å². The third kappa shape index (κ3) is 5.20. The molecule has 1 saturated heterocycles. The van der Waals surface area contributed by atoms with Crippen molar-refractivity contribution in [2.24, 2.45) is 0 Å². The van der Waals surface area contributed by atoms with Gasteiger partial charge in [0, 0.05) is 24.8 Å². The van der Waals surface area contributed by atoms with Gasteiger partial charge in [-0.15, -0.1) is 0 Å². The normalized spacial score (nSPS) is 14.4. The van der Waals surface area contributed by atoms with E-state index >= 15 is 0 Å². The molecule has 2 heterocycles. The summed E-state index contributed by atoms with van der Waals surface area (Å²) in [5, 5.41) is 0. The summed E-state index contributed by atoms with van der Waals surface area (Å²) in [4.78, 5) is 18.0. The molecule has 0 saturated carbocycles. The van der Waals surface area contributed by atoms with E-state index in [0.717, 1.165) is 25.9 Å². The average Bonchev–Trinajstić information content (AvgIpc) is 3.00. The van der Waals surface area contributed by atoms with E-state index in [-0.39, 0.29) is 0 Å². The summed E-state index contributed by atoms with van der Waals surface area (Å²) in [6.45, 7) is 3.71. The number of carbonyl (C=O) groups excluding carboxylic acids is 1. The first-order valence-electron chi connectivity index (χ1n) is 6.59. The lowest BCUT2D eigenvalue weighted by Gasteiger charge is -2.18. The number of anilines is 1. The number of hydrogen-bond acceptors (Lipinski definition) is 5. The van der Waals surface area contributed by atoms with Gasteiger partial charge in [-0.2, -0.15) is 13.2 Å². The van der Waals surface area contributed by atoms with Gasteiger partial charge >= 0.3 is 6.18 Å². The van der Waals surface area contributed by atoms with Crippen LogP contribution in [0.15, 0.2) is 6.07 Å². The van der Waals surface area contributed by atoms with Gasteiger partial charge in [0.15, 0.2) is 0 Å². The van der Waals surface area contributed by atoms with Gasteiger partial charge in [-0.1, -0.05) is 6.92 Å². The smallest absolute Gasteiger partial charge is 0.451 e. The average molecular weight is 305 g/mol. The van der Waals surface area contributed by atoms with Crippen LogP contribution in [0.2, 0.25) is 0 Å². The number of aromatic nitrogens is 2. The highest BCUT2D eigenvalue weighted by Crippen LogP contribution is 2.29. The third-order valence-corrected chi connectivity index (χ3v) is 2.91. The Labute approximate surface area is 121 Å². The second kappa shape index (κ2) is 7.80. The highest BCUT2D eigenvalue weighted by atomic mass is 19.4. The summed E-state index contributed by atoms with van der Waals surface area (Å²) in [6, 6.07) is 1.65. The molecule has 1 aromatic rings. The molecule has 1 aliphatic rings. The summed E-state index contributed by atoms with van der Waals surface area (Å²) < 4.78 is 41.7. The fourth-order valence-electron chi connectivity index (χ4n) is 1.90. The minimum Gasteiger partial charge on any atom is -0.471 e. The number of ether oxygens (including phenoxy) is 1. The summed E-state index contributed by atoms with van der Waals surface area (Å²) in [5.74, 6) is -0.625. The first-order valence-corrected chi connectivity index (χ1v) is 6.59. The van der Waals surface area contributed by atoms with Crippen molar-refractivity contribution in [2.75, 3.05) is 25.1 Å². The van der Waals surface area contributed by atoms with Crippen molar-refractivity contribution in [1.82, 2.24) is 9.97 Å². The first kappa shape index (κ1) is 17.2. The van der Waals surface area contributed by atoms with Gasteiger partial charge in [-0.25, -0.2) is 9.97 Å². The van der Waals surface area contributed by atoms with E-state index in [9.17, 15) is 13.2 Å². The zero-order valence-electron chi connectivity index (χ0n) is 12.0. The summed E-state index contributed by atoms with van der Waals surface area (Å²) in [6.07, 6.45) is -1.98. The molecule has 0 spiro atoms. The molecule has 5 nitrogen and oxygen atoms in total. The van der Waals surface area contributed by atoms with Gasteiger partial charge in [0.25, 0.3) is 6.47 Å². The van der Waals surface area contributed by atoms with E-state index in [4.69, 9.17) is 4.79 Å². The SMILES string of the molecule is CCc1cc(N2CCCC2)nc(C(F)(F)F)n1.COC=O. The Morgan fingerprint density at radius 3 is 2.33 bits per heavy atom. The highest BCUT2D eigenvalue weighted by Gasteiger charge is 2.35. The monoisotopic (exact) mass is 305 g/mol. The number of methoxy groups -OCH3 is 1. The van der Waals surface area contributed by atoms with Crippen LogP contribution in [-0.2, 0) is 22.1 Å². The van der Waals surface area contributed by atoms with E-state index in [0.29, 0.717) is 24.4 Å². The van der Waals surface area contributed by atoms with Crippen molar-refractivity contribution in [3.8, 4) is 0 Å². The fourth-order valence-corrected chi connectivity index (χ4v) is 1.90. The minimum atomic E-state index is -4.47.